The van der Waals surface area contributed by atoms with E-state index < -0.39 is 0 Å². The number of nitrogens with zero attached hydrogens (tertiary/aromatic N) is 5. The van der Waals surface area contributed by atoms with E-state index in [-0.39, 0.29) is 11.5 Å². The highest BCUT2D eigenvalue weighted by molar-refractivity contribution is 6.33. The highest BCUT2D eigenvalue weighted by atomic mass is 35.5. The standard InChI is InChI=1S/C15H19ClN6O2/c1-20(2)15-18-11-5-7-22(6-4-9(11)13(23)19-15)14(24)12-10(16)8-17-21(12)3/h8H,4-7H2,1-3H3,(H,18,19,23). The van der Waals surface area contributed by atoms with Crippen LogP contribution < -0.4 is 10.5 Å². The summed E-state index contributed by atoms with van der Waals surface area (Å²) < 4.78 is 1.47. The molecule has 0 atom stereocenters. The molecule has 0 spiro atoms. The predicted octanol–water partition coefficient (Wildman–Crippen LogP) is 0.464. The quantitative estimate of drug-likeness (QED) is 0.850. The monoisotopic (exact) mass is 350 g/mol. The normalized spacial score (nSPS) is 14.2. The maximum absolute atomic E-state index is 12.7. The lowest BCUT2D eigenvalue weighted by Gasteiger charge is -2.20. The molecule has 2 aromatic rings. The third-order valence-electron chi connectivity index (χ3n) is 4.15. The Balaban J connectivity index is 1.87. The summed E-state index contributed by atoms with van der Waals surface area (Å²) in [6.45, 7) is 0.927. The average molecular weight is 351 g/mol. The van der Waals surface area contributed by atoms with Crippen LogP contribution in [-0.2, 0) is 19.9 Å². The van der Waals surface area contributed by atoms with Crippen molar-refractivity contribution in [3.8, 4) is 0 Å². The number of carbonyl (C=O) groups is 1. The molecule has 3 rings (SSSR count). The molecule has 1 aliphatic rings. The zero-order valence-electron chi connectivity index (χ0n) is 13.8. The predicted molar refractivity (Wildman–Crippen MR) is 90.7 cm³/mol. The summed E-state index contributed by atoms with van der Waals surface area (Å²) >= 11 is 6.07. The van der Waals surface area contributed by atoms with Crippen molar-refractivity contribution in [3.05, 3.63) is 38.5 Å². The third kappa shape index (κ3) is 2.89. The van der Waals surface area contributed by atoms with Crippen LogP contribution in [0.2, 0.25) is 5.02 Å². The van der Waals surface area contributed by atoms with Gasteiger partial charge in [-0.3, -0.25) is 19.3 Å². The number of hydrogen-bond acceptors (Lipinski definition) is 5. The molecule has 9 heteroatoms. The molecule has 3 heterocycles. The Labute approximate surface area is 144 Å². The van der Waals surface area contributed by atoms with Crippen molar-refractivity contribution in [2.75, 3.05) is 32.1 Å². The van der Waals surface area contributed by atoms with Crippen LogP contribution in [0.25, 0.3) is 0 Å². The molecule has 0 unspecified atom stereocenters. The molecule has 0 radical (unpaired) electrons. The molecular weight excluding hydrogens is 332 g/mol. The lowest BCUT2D eigenvalue weighted by molar-refractivity contribution is 0.0752. The van der Waals surface area contributed by atoms with Crippen molar-refractivity contribution < 1.29 is 4.79 Å². The van der Waals surface area contributed by atoms with Gasteiger partial charge in [0.15, 0.2) is 0 Å². The fraction of sp³-hybridized carbons (Fsp3) is 0.467. The number of H-pyrrole nitrogens is 1. The van der Waals surface area contributed by atoms with Crippen molar-refractivity contribution in [1.29, 1.82) is 0 Å². The number of anilines is 1. The first-order valence-electron chi connectivity index (χ1n) is 7.64. The van der Waals surface area contributed by atoms with Crippen molar-refractivity contribution >= 4 is 23.5 Å². The molecule has 1 aliphatic heterocycles. The number of halogens is 1. The molecule has 2 aromatic heterocycles. The number of carbonyl (C=O) groups excluding carboxylic acids is 1. The summed E-state index contributed by atoms with van der Waals surface area (Å²) in [6, 6.07) is 0. The van der Waals surface area contributed by atoms with E-state index in [0.717, 1.165) is 5.69 Å². The van der Waals surface area contributed by atoms with Gasteiger partial charge in [0.25, 0.3) is 11.5 Å². The van der Waals surface area contributed by atoms with E-state index in [0.29, 0.717) is 48.2 Å². The molecule has 1 N–H and O–H groups in total. The number of nitrogens with one attached hydrogen (secondary N) is 1. The molecule has 0 fully saturated rings. The Morgan fingerprint density at radius 1 is 1.33 bits per heavy atom. The minimum absolute atomic E-state index is 0.142. The first kappa shape index (κ1) is 16.5. The Hall–Kier alpha value is -2.35. The van der Waals surface area contributed by atoms with Gasteiger partial charge >= 0.3 is 0 Å². The Bertz CT molecular complexity index is 821. The van der Waals surface area contributed by atoms with Gasteiger partial charge in [0.2, 0.25) is 5.95 Å². The molecule has 1 amide bonds. The lowest BCUT2D eigenvalue weighted by atomic mass is 10.1. The zero-order chi connectivity index (χ0) is 17.4. The second kappa shape index (κ2) is 6.27. The van der Waals surface area contributed by atoms with Gasteiger partial charge < -0.3 is 9.80 Å². The van der Waals surface area contributed by atoms with Gasteiger partial charge in [-0.05, 0) is 6.42 Å². The number of aromatic amines is 1. The van der Waals surface area contributed by atoms with E-state index in [9.17, 15) is 9.59 Å². The fourth-order valence-corrected chi connectivity index (χ4v) is 3.06. The summed E-state index contributed by atoms with van der Waals surface area (Å²) in [4.78, 5) is 35.8. The minimum atomic E-state index is -0.183. The van der Waals surface area contributed by atoms with Gasteiger partial charge in [0.1, 0.15) is 5.69 Å². The summed E-state index contributed by atoms with van der Waals surface area (Å²) in [6.07, 6.45) is 2.45. The van der Waals surface area contributed by atoms with E-state index in [1.54, 1.807) is 16.8 Å². The second-order valence-electron chi connectivity index (χ2n) is 5.97. The minimum Gasteiger partial charge on any atom is -0.348 e. The number of rotatable bonds is 2. The Morgan fingerprint density at radius 2 is 2.04 bits per heavy atom. The average Bonchev–Trinajstić information content (AvgIpc) is 2.74. The maximum atomic E-state index is 12.7. The lowest BCUT2D eigenvalue weighted by Crippen LogP contribution is -2.34. The van der Waals surface area contributed by atoms with Gasteiger partial charge in [-0.1, -0.05) is 11.6 Å². The molecule has 24 heavy (non-hydrogen) atoms. The van der Waals surface area contributed by atoms with Gasteiger partial charge in [0.05, 0.1) is 16.9 Å². The number of fused-ring (bicyclic) bond motifs is 1. The second-order valence-corrected chi connectivity index (χ2v) is 6.37. The SMILES string of the molecule is CN(C)c1nc2c(c(=O)[nH]1)CCN(C(=O)c1c(Cl)cnn1C)CC2. The van der Waals surface area contributed by atoms with E-state index in [2.05, 4.69) is 15.1 Å². The summed E-state index contributed by atoms with van der Waals surface area (Å²) in [5.74, 6) is 0.338. The van der Waals surface area contributed by atoms with Gasteiger partial charge in [-0.2, -0.15) is 5.10 Å². The van der Waals surface area contributed by atoms with Crippen molar-refractivity contribution in [2.24, 2.45) is 7.05 Å². The smallest absolute Gasteiger partial charge is 0.273 e. The summed E-state index contributed by atoms with van der Waals surface area (Å²) in [5.41, 5.74) is 1.61. The number of hydrogen-bond donors (Lipinski definition) is 1. The van der Waals surface area contributed by atoms with Crippen LogP contribution in [0.3, 0.4) is 0 Å². The van der Waals surface area contributed by atoms with Crippen molar-refractivity contribution in [1.82, 2.24) is 24.6 Å². The van der Waals surface area contributed by atoms with Crippen LogP contribution in [0, 0.1) is 0 Å². The van der Waals surface area contributed by atoms with Crippen molar-refractivity contribution in [2.45, 2.75) is 12.8 Å². The van der Waals surface area contributed by atoms with E-state index >= 15 is 0 Å². The summed E-state index contributed by atoms with van der Waals surface area (Å²) in [7, 11) is 5.32. The molecule has 128 valence electrons. The maximum Gasteiger partial charge on any atom is 0.273 e. The van der Waals surface area contributed by atoms with Crippen LogP contribution in [-0.4, -0.2) is 57.7 Å². The molecule has 8 nitrogen and oxygen atoms in total. The number of aryl methyl sites for hydroxylation is 1. The number of aromatic nitrogens is 4. The Morgan fingerprint density at radius 3 is 2.67 bits per heavy atom. The van der Waals surface area contributed by atoms with Crippen LogP contribution in [0.1, 0.15) is 21.7 Å². The molecule has 0 saturated carbocycles. The van der Waals surface area contributed by atoms with Crippen LogP contribution in [0.5, 0.6) is 0 Å². The van der Waals surface area contributed by atoms with E-state index in [1.807, 2.05) is 14.1 Å². The van der Waals surface area contributed by atoms with Gasteiger partial charge in [0, 0.05) is 46.2 Å². The highest BCUT2D eigenvalue weighted by Gasteiger charge is 2.26. The summed E-state index contributed by atoms with van der Waals surface area (Å²) in [5, 5.41) is 4.33. The third-order valence-corrected chi connectivity index (χ3v) is 4.42. The first-order chi connectivity index (χ1) is 11.4. The zero-order valence-corrected chi connectivity index (χ0v) is 14.6. The largest absolute Gasteiger partial charge is 0.348 e. The first-order valence-corrected chi connectivity index (χ1v) is 8.02. The Kier molecular flexibility index (Phi) is 4.31. The molecular formula is C15H19ClN6O2. The number of amides is 1. The van der Waals surface area contributed by atoms with Crippen molar-refractivity contribution in [3.63, 3.8) is 0 Å². The van der Waals surface area contributed by atoms with Crippen LogP contribution in [0.4, 0.5) is 5.95 Å². The van der Waals surface area contributed by atoms with E-state index in [4.69, 9.17) is 11.6 Å². The molecule has 0 aromatic carbocycles. The fourth-order valence-electron chi connectivity index (χ4n) is 2.81. The molecule has 0 aliphatic carbocycles. The van der Waals surface area contributed by atoms with Gasteiger partial charge in [-0.15, -0.1) is 0 Å². The topological polar surface area (TPSA) is 87.1 Å². The molecule has 0 saturated heterocycles. The molecule has 0 bridgehead atoms. The van der Waals surface area contributed by atoms with Gasteiger partial charge in [-0.25, -0.2) is 4.98 Å². The highest BCUT2D eigenvalue weighted by Crippen LogP contribution is 2.19. The van der Waals surface area contributed by atoms with E-state index in [1.165, 1.54) is 10.9 Å². The van der Waals surface area contributed by atoms with Crippen LogP contribution >= 0.6 is 11.6 Å². The van der Waals surface area contributed by atoms with Crippen LogP contribution in [0.15, 0.2) is 11.0 Å².